The Morgan fingerprint density at radius 1 is 0.852 bits per heavy atom. The molecule has 0 unspecified atom stereocenters. The fraction of sp³-hybridized carbons (Fsp3) is 0.364. The molecule has 0 aromatic heterocycles. The molecule has 2 aromatic rings. The lowest BCUT2D eigenvalue weighted by Crippen LogP contribution is -2.15. The van der Waals surface area contributed by atoms with Gasteiger partial charge in [-0.1, -0.05) is 19.3 Å². The van der Waals surface area contributed by atoms with E-state index in [0.717, 1.165) is 28.3 Å². The molecule has 27 heavy (non-hydrogen) atoms. The number of benzene rings is 2. The number of methoxy groups -OCH3 is 2. The second kappa shape index (κ2) is 9.76. The summed E-state index contributed by atoms with van der Waals surface area (Å²) >= 11 is 0. The molecule has 0 spiro atoms. The molecule has 2 aromatic carbocycles. The van der Waals surface area contributed by atoms with E-state index in [2.05, 4.69) is 15.5 Å². The molecule has 142 valence electrons. The summed E-state index contributed by atoms with van der Waals surface area (Å²) < 4.78 is 10.5. The van der Waals surface area contributed by atoms with Crippen LogP contribution in [0.15, 0.2) is 58.6 Å². The minimum atomic E-state index is 0.423. The Morgan fingerprint density at radius 3 is 1.85 bits per heavy atom. The second-order valence-corrected chi connectivity index (χ2v) is 6.62. The molecule has 3 rings (SSSR count). The van der Waals surface area contributed by atoms with Gasteiger partial charge in [0.25, 0.3) is 0 Å². The number of hydrazone groups is 1. The van der Waals surface area contributed by atoms with Gasteiger partial charge in [-0.3, -0.25) is 10.4 Å². The topological polar surface area (TPSA) is 55.2 Å². The number of hydrogen-bond donors (Lipinski definition) is 1. The van der Waals surface area contributed by atoms with E-state index in [0.29, 0.717) is 6.04 Å². The molecule has 0 aliphatic heterocycles. The van der Waals surface area contributed by atoms with Crippen molar-refractivity contribution in [1.29, 1.82) is 0 Å². The van der Waals surface area contributed by atoms with Crippen LogP contribution in [0.2, 0.25) is 0 Å². The molecule has 0 heterocycles. The Hall–Kier alpha value is -2.82. The number of rotatable bonds is 7. The van der Waals surface area contributed by atoms with Crippen molar-refractivity contribution < 1.29 is 9.47 Å². The molecule has 1 saturated carbocycles. The maximum atomic E-state index is 5.26. The molecule has 0 radical (unpaired) electrons. The van der Waals surface area contributed by atoms with Crippen LogP contribution >= 0.6 is 0 Å². The molecule has 1 N–H and O–H groups in total. The highest BCUT2D eigenvalue weighted by Crippen LogP contribution is 2.20. The lowest BCUT2D eigenvalue weighted by atomic mass is 9.96. The van der Waals surface area contributed by atoms with Crippen molar-refractivity contribution in [2.75, 3.05) is 14.2 Å². The molecular formula is C22H27N3O2. The number of aliphatic imine (C=N–C) groups is 1. The summed E-state index contributed by atoms with van der Waals surface area (Å²) in [5.41, 5.74) is 5.86. The van der Waals surface area contributed by atoms with Crippen molar-refractivity contribution >= 4 is 12.1 Å². The van der Waals surface area contributed by atoms with Gasteiger partial charge in [0.15, 0.2) is 0 Å². The van der Waals surface area contributed by atoms with Crippen molar-refractivity contribution in [2.24, 2.45) is 10.1 Å². The van der Waals surface area contributed by atoms with Crippen molar-refractivity contribution in [1.82, 2.24) is 5.43 Å². The molecular weight excluding hydrogens is 338 g/mol. The van der Waals surface area contributed by atoms with Crippen LogP contribution in [0.25, 0.3) is 0 Å². The van der Waals surface area contributed by atoms with Crippen molar-refractivity contribution in [3.05, 3.63) is 59.7 Å². The average Bonchev–Trinajstić information content (AvgIpc) is 2.75. The van der Waals surface area contributed by atoms with Gasteiger partial charge in [-0.25, -0.2) is 0 Å². The lowest BCUT2D eigenvalue weighted by Gasteiger charge is -2.16. The fourth-order valence-electron chi connectivity index (χ4n) is 3.26. The Bertz CT molecular complexity index is 712. The van der Waals surface area contributed by atoms with Crippen LogP contribution in [-0.2, 0) is 0 Å². The van der Waals surface area contributed by atoms with Gasteiger partial charge < -0.3 is 9.47 Å². The minimum Gasteiger partial charge on any atom is -0.497 e. The molecule has 0 saturated heterocycles. The molecule has 0 atom stereocenters. The van der Waals surface area contributed by atoms with Crippen LogP contribution in [0.3, 0.4) is 0 Å². The van der Waals surface area contributed by atoms with Gasteiger partial charge in [-0.2, -0.15) is 5.10 Å². The van der Waals surface area contributed by atoms with Gasteiger partial charge in [-0.05, 0) is 61.4 Å². The summed E-state index contributed by atoms with van der Waals surface area (Å²) in [4.78, 5) is 4.61. The number of nitrogens with zero attached hydrogens (tertiary/aromatic N) is 2. The summed E-state index contributed by atoms with van der Waals surface area (Å²) in [5, 5.41) is 4.60. The molecule has 0 amide bonds. The lowest BCUT2D eigenvalue weighted by molar-refractivity contribution is 0.414. The van der Waals surface area contributed by atoms with Gasteiger partial charge >= 0.3 is 0 Å². The molecule has 1 aliphatic carbocycles. The van der Waals surface area contributed by atoms with Crippen LogP contribution in [0.1, 0.15) is 43.2 Å². The van der Waals surface area contributed by atoms with E-state index in [9.17, 15) is 0 Å². The summed E-state index contributed by atoms with van der Waals surface area (Å²) in [6.45, 7) is 0. The van der Waals surface area contributed by atoms with E-state index in [1.807, 2.05) is 48.5 Å². The Morgan fingerprint density at radius 2 is 1.37 bits per heavy atom. The van der Waals surface area contributed by atoms with Crippen molar-refractivity contribution in [3.63, 3.8) is 0 Å². The Kier molecular flexibility index (Phi) is 6.85. The van der Waals surface area contributed by atoms with E-state index in [1.54, 1.807) is 20.6 Å². The second-order valence-electron chi connectivity index (χ2n) is 6.62. The third-order valence-corrected chi connectivity index (χ3v) is 4.82. The highest BCUT2D eigenvalue weighted by atomic mass is 16.5. The number of nitrogens with one attached hydrogen (secondary N) is 1. The van der Waals surface area contributed by atoms with Crippen LogP contribution in [-0.4, -0.2) is 32.3 Å². The molecule has 1 fully saturated rings. The molecule has 1 aliphatic rings. The highest BCUT2D eigenvalue weighted by Gasteiger charge is 2.11. The van der Waals surface area contributed by atoms with Crippen LogP contribution in [0.5, 0.6) is 11.5 Å². The van der Waals surface area contributed by atoms with Crippen LogP contribution in [0, 0.1) is 0 Å². The molecule has 5 heteroatoms. The van der Waals surface area contributed by atoms with Gasteiger partial charge in [0.2, 0.25) is 0 Å². The number of ether oxygens (including phenoxy) is 2. The monoisotopic (exact) mass is 365 g/mol. The normalized spacial score (nSPS) is 14.7. The predicted molar refractivity (Wildman–Crippen MR) is 110 cm³/mol. The third kappa shape index (κ3) is 5.33. The quantitative estimate of drug-likeness (QED) is 0.449. The zero-order chi connectivity index (χ0) is 18.9. The Labute approximate surface area is 161 Å². The highest BCUT2D eigenvalue weighted by molar-refractivity contribution is 6.13. The van der Waals surface area contributed by atoms with Crippen molar-refractivity contribution in [3.8, 4) is 11.5 Å². The van der Waals surface area contributed by atoms with Gasteiger partial charge in [0.1, 0.15) is 17.8 Å². The first-order chi connectivity index (χ1) is 13.3. The van der Waals surface area contributed by atoms with Crippen molar-refractivity contribution in [2.45, 2.75) is 38.1 Å². The van der Waals surface area contributed by atoms with Crippen LogP contribution < -0.4 is 14.9 Å². The number of hydrogen-bond acceptors (Lipinski definition) is 4. The summed E-state index contributed by atoms with van der Waals surface area (Å²) in [5.74, 6) is 1.64. The van der Waals surface area contributed by atoms with E-state index in [1.165, 1.54) is 32.1 Å². The van der Waals surface area contributed by atoms with E-state index in [4.69, 9.17) is 9.47 Å². The minimum absolute atomic E-state index is 0.423. The maximum absolute atomic E-state index is 5.26. The van der Waals surface area contributed by atoms with E-state index < -0.39 is 0 Å². The van der Waals surface area contributed by atoms with Gasteiger partial charge in [0.05, 0.1) is 26.0 Å². The molecule has 5 nitrogen and oxygen atoms in total. The predicted octanol–water partition coefficient (Wildman–Crippen LogP) is 4.41. The summed E-state index contributed by atoms with van der Waals surface area (Å²) in [6.07, 6.45) is 7.94. The van der Waals surface area contributed by atoms with Gasteiger partial charge in [-0.15, -0.1) is 0 Å². The largest absolute Gasteiger partial charge is 0.497 e. The maximum Gasteiger partial charge on any atom is 0.118 e. The standard InChI is InChI=1S/C22H27N3O2/c1-26-20-12-8-17(9-13-20)22(18-10-14-21(27-2)15-11-18)25-24-16-23-19-6-4-3-5-7-19/h8-16,19H,3-7H2,1-2H3,(H,23,24). The first kappa shape index (κ1) is 19.0. The first-order valence-corrected chi connectivity index (χ1v) is 9.44. The third-order valence-electron chi connectivity index (χ3n) is 4.82. The average molecular weight is 365 g/mol. The fourth-order valence-corrected chi connectivity index (χ4v) is 3.26. The Balaban J connectivity index is 1.80. The van der Waals surface area contributed by atoms with E-state index >= 15 is 0 Å². The SMILES string of the molecule is COc1ccc(C(=NNC=NC2CCCCC2)c2ccc(OC)cc2)cc1. The smallest absolute Gasteiger partial charge is 0.118 e. The molecule has 0 bridgehead atoms. The first-order valence-electron chi connectivity index (χ1n) is 9.44. The summed E-state index contributed by atoms with van der Waals surface area (Å²) in [6, 6.07) is 16.2. The van der Waals surface area contributed by atoms with E-state index in [-0.39, 0.29) is 0 Å². The zero-order valence-corrected chi connectivity index (χ0v) is 16.0. The van der Waals surface area contributed by atoms with Crippen LogP contribution in [0.4, 0.5) is 0 Å². The van der Waals surface area contributed by atoms with Gasteiger partial charge in [0, 0.05) is 11.1 Å². The summed E-state index contributed by atoms with van der Waals surface area (Å²) in [7, 11) is 3.33. The zero-order valence-electron chi connectivity index (χ0n) is 16.0.